The monoisotopic (exact) mass is 308 g/mol. The van der Waals surface area contributed by atoms with Gasteiger partial charge in [0.15, 0.2) is 0 Å². The van der Waals surface area contributed by atoms with Crippen molar-refractivity contribution in [1.29, 1.82) is 0 Å². The highest BCUT2D eigenvalue weighted by atomic mass is 79.9. The van der Waals surface area contributed by atoms with Crippen molar-refractivity contribution in [3.8, 4) is 5.75 Å². The number of phenolic OH excluding ortho intramolecular Hbond substituents is 1. The van der Waals surface area contributed by atoms with Crippen LogP contribution in [0.4, 0.5) is 26.3 Å². The number of aromatic hydroxyl groups is 1. The Labute approximate surface area is 93.8 Å². The summed E-state index contributed by atoms with van der Waals surface area (Å²) in [7, 11) is 0. The van der Waals surface area contributed by atoms with Gasteiger partial charge in [0, 0.05) is 4.47 Å². The molecule has 1 rings (SSSR count). The second kappa shape index (κ2) is 3.83. The topological polar surface area (TPSA) is 20.2 Å². The predicted octanol–water partition coefficient (Wildman–Crippen LogP) is 4.19. The van der Waals surface area contributed by atoms with Gasteiger partial charge in [0.25, 0.3) is 0 Å². The van der Waals surface area contributed by atoms with Gasteiger partial charge in [-0.25, -0.2) is 0 Å². The van der Waals surface area contributed by atoms with E-state index in [1.807, 2.05) is 0 Å². The Morgan fingerprint density at radius 3 is 1.81 bits per heavy atom. The van der Waals surface area contributed by atoms with Crippen LogP contribution in [-0.2, 0) is 12.4 Å². The molecule has 1 nitrogen and oxygen atoms in total. The van der Waals surface area contributed by atoms with E-state index in [1.54, 1.807) is 0 Å². The fourth-order valence-electron chi connectivity index (χ4n) is 1.05. The number of phenols is 1. The van der Waals surface area contributed by atoms with Crippen molar-refractivity contribution in [3.05, 3.63) is 27.7 Å². The van der Waals surface area contributed by atoms with Gasteiger partial charge >= 0.3 is 12.4 Å². The van der Waals surface area contributed by atoms with Crippen LogP contribution in [0.25, 0.3) is 0 Å². The first kappa shape index (κ1) is 13.1. The lowest BCUT2D eigenvalue weighted by Crippen LogP contribution is -2.12. The van der Waals surface area contributed by atoms with Gasteiger partial charge in [0.2, 0.25) is 0 Å². The lowest BCUT2D eigenvalue weighted by molar-refractivity contribution is -0.144. The molecule has 0 heterocycles. The van der Waals surface area contributed by atoms with Crippen LogP contribution in [0.1, 0.15) is 11.1 Å². The summed E-state index contributed by atoms with van der Waals surface area (Å²) in [4.78, 5) is 0. The Morgan fingerprint density at radius 1 is 0.938 bits per heavy atom. The quantitative estimate of drug-likeness (QED) is 0.712. The van der Waals surface area contributed by atoms with Gasteiger partial charge < -0.3 is 5.11 Å². The first-order valence-corrected chi connectivity index (χ1v) is 4.50. The van der Waals surface area contributed by atoms with E-state index in [0.717, 1.165) is 0 Å². The molecular formula is C8H3BrF6O. The number of hydrogen-bond acceptors (Lipinski definition) is 1. The Hall–Kier alpha value is -0.920. The molecule has 1 aromatic rings. The third-order valence-electron chi connectivity index (χ3n) is 1.71. The molecule has 1 N–H and O–H groups in total. The van der Waals surface area contributed by atoms with E-state index < -0.39 is 33.7 Å². The fourth-order valence-corrected chi connectivity index (χ4v) is 1.84. The zero-order valence-corrected chi connectivity index (χ0v) is 8.83. The smallest absolute Gasteiger partial charge is 0.421 e. The Kier molecular flexibility index (Phi) is 3.15. The maximum atomic E-state index is 12.3. The van der Waals surface area contributed by atoms with Crippen molar-refractivity contribution >= 4 is 15.9 Å². The van der Waals surface area contributed by atoms with Crippen molar-refractivity contribution in [3.63, 3.8) is 0 Å². The van der Waals surface area contributed by atoms with Crippen molar-refractivity contribution in [2.45, 2.75) is 12.4 Å². The first-order chi connectivity index (χ1) is 7.05. The van der Waals surface area contributed by atoms with E-state index in [-0.39, 0.29) is 0 Å². The normalized spacial score (nSPS) is 12.9. The number of alkyl halides is 6. The van der Waals surface area contributed by atoms with Gasteiger partial charge in [-0.3, -0.25) is 0 Å². The molecule has 0 aliphatic carbocycles. The molecule has 0 aromatic heterocycles. The molecular weight excluding hydrogens is 306 g/mol. The van der Waals surface area contributed by atoms with Gasteiger partial charge in [-0.1, -0.05) is 0 Å². The average Bonchev–Trinajstić information content (AvgIpc) is 1.97. The number of hydrogen-bond donors (Lipinski definition) is 1. The molecule has 0 saturated carbocycles. The average molecular weight is 309 g/mol. The molecule has 0 amide bonds. The Morgan fingerprint density at radius 2 is 1.44 bits per heavy atom. The highest BCUT2D eigenvalue weighted by Crippen LogP contribution is 2.46. The highest BCUT2D eigenvalue weighted by molar-refractivity contribution is 9.10. The number of rotatable bonds is 0. The van der Waals surface area contributed by atoms with E-state index in [1.165, 1.54) is 0 Å². The fraction of sp³-hybridized carbons (Fsp3) is 0.250. The maximum Gasteiger partial charge on any atom is 0.421 e. The highest BCUT2D eigenvalue weighted by Gasteiger charge is 2.42. The first-order valence-electron chi connectivity index (χ1n) is 3.71. The van der Waals surface area contributed by atoms with Gasteiger partial charge in [0.05, 0.1) is 5.56 Å². The summed E-state index contributed by atoms with van der Waals surface area (Å²) in [6.45, 7) is 0. The molecule has 0 unspecified atom stereocenters. The van der Waals surface area contributed by atoms with Crippen LogP contribution in [0.5, 0.6) is 5.75 Å². The Bertz CT molecular complexity index is 408. The summed E-state index contributed by atoms with van der Waals surface area (Å²) in [5.74, 6) is -1.26. The predicted molar refractivity (Wildman–Crippen MR) is 45.8 cm³/mol. The van der Waals surface area contributed by atoms with Crippen molar-refractivity contribution in [1.82, 2.24) is 0 Å². The van der Waals surface area contributed by atoms with E-state index in [2.05, 4.69) is 15.9 Å². The minimum atomic E-state index is -5.07. The van der Waals surface area contributed by atoms with Crippen LogP contribution in [0.2, 0.25) is 0 Å². The van der Waals surface area contributed by atoms with Crippen molar-refractivity contribution < 1.29 is 31.4 Å². The second-order valence-corrected chi connectivity index (χ2v) is 3.61. The molecule has 0 atom stereocenters. The molecule has 0 fully saturated rings. The van der Waals surface area contributed by atoms with Gasteiger partial charge in [-0.15, -0.1) is 0 Å². The van der Waals surface area contributed by atoms with Crippen LogP contribution >= 0.6 is 15.9 Å². The third kappa shape index (κ3) is 2.42. The SMILES string of the molecule is Oc1ccc(C(F)(F)F)c(Br)c1C(F)(F)F. The third-order valence-corrected chi connectivity index (χ3v) is 2.53. The molecule has 0 bridgehead atoms. The van der Waals surface area contributed by atoms with E-state index in [9.17, 15) is 26.3 Å². The van der Waals surface area contributed by atoms with Crippen LogP contribution in [-0.4, -0.2) is 5.11 Å². The molecule has 8 heteroatoms. The van der Waals surface area contributed by atoms with E-state index >= 15 is 0 Å². The van der Waals surface area contributed by atoms with E-state index in [0.29, 0.717) is 12.1 Å². The van der Waals surface area contributed by atoms with Gasteiger partial charge in [-0.05, 0) is 28.1 Å². The van der Waals surface area contributed by atoms with Crippen molar-refractivity contribution in [2.24, 2.45) is 0 Å². The van der Waals surface area contributed by atoms with Gasteiger partial charge in [0.1, 0.15) is 11.3 Å². The minimum Gasteiger partial charge on any atom is -0.507 e. The largest absolute Gasteiger partial charge is 0.507 e. The second-order valence-electron chi connectivity index (χ2n) is 2.82. The lowest BCUT2D eigenvalue weighted by atomic mass is 10.1. The minimum absolute atomic E-state index is 0.358. The zero-order chi connectivity index (χ0) is 12.7. The van der Waals surface area contributed by atoms with Crippen LogP contribution in [0.15, 0.2) is 16.6 Å². The van der Waals surface area contributed by atoms with Crippen LogP contribution < -0.4 is 0 Å². The van der Waals surface area contributed by atoms with Crippen LogP contribution in [0, 0.1) is 0 Å². The summed E-state index contributed by atoms with van der Waals surface area (Å²) in [5.41, 5.74) is -3.22. The number of benzene rings is 1. The zero-order valence-electron chi connectivity index (χ0n) is 7.25. The molecule has 16 heavy (non-hydrogen) atoms. The summed E-state index contributed by atoms with van der Waals surface area (Å²) in [6, 6.07) is 0.727. The molecule has 0 radical (unpaired) electrons. The molecule has 0 spiro atoms. The van der Waals surface area contributed by atoms with E-state index in [4.69, 9.17) is 5.11 Å². The number of halogens is 7. The summed E-state index contributed by atoms with van der Waals surface area (Å²) < 4.78 is 72.6. The molecule has 0 saturated heterocycles. The van der Waals surface area contributed by atoms with Gasteiger partial charge in [-0.2, -0.15) is 26.3 Å². The standard InChI is InChI=1S/C8H3BrF6O/c9-6-3(7(10,11)12)1-2-4(16)5(6)8(13,14)15/h1-2,16H. The maximum absolute atomic E-state index is 12.3. The summed E-state index contributed by atoms with van der Waals surface area (Å²) in [6.07, 6.45) is -9.99. The Balaban J connectivity index is 3.52. The van der Waals surface area contributed by atoms with Crippen LogP contribution in [0.3, 0.4) is 0 Å². The van der Waals surface area contributed by atoms with Crippen molar-refractivity contribution in [2.75, 3.05) is 0 Å². The molecule has 0 aliphatic heterocycles. The summed E-state index contributed by atoms with van der Waals surface area (Å²) in [5, 5.41) is 8.90. The lowest BCUT2D eigenvalue weighted by Gasteiger charge is -2.15. The summed E-state index contributed by atoms with van der Waals surface area (Å²) >= 11 is 2.20. The molecule has 0 aliphatic rings. The molecule has 90 valence electrons. The molecule has 1 aromatic carbocycles.